The Bertz CT molecular complexity index is 133. The number of hydrogen-bond acceptors (Lipinski definition) is 1. The van der Waals surface area contributed by atoms with Gasteiger partial charge in [-0.3, -0.25) is 0 Å². The summed E-state index contributed by atoms with van der Waals surface area (Å²) < 4.78 is 0. The molecule has 0 spiro atoms. The van der Waals surface area contributed by atoms with Crippen molar-refractivity contribution in [2.75, 3.05) is 6.54 Å². The fourth-order valence-electron chi connectivity index (χ4n) is 2.13. The van der Waals surface area contributed by atoms with Crippen molar-refractivity contribution in [3.8, 4) is 0 Å². The first-order chi connectivity index (χ1) is 5.73. The van der Waals surface area contributed by atoms with E-state index >= 15 is 0 Å². The molecule has 0 heterocycles. The van der Waals surface area contributed by atoms with E-state index in [1.54, 1.807) is 0 Å². The molecule has 0 aromatic carbocycles. The topological polar surface area (TPSA) is 12.0 Å². The predicted molar refractivity (Wildman–Crippen MR) is 54.3 cm³/mol. The molecule has 0 amide bonds. The number of unbranched alkanes of at least 4 members (excludes halogenated alkanes) is 2. The Kier molecular flexibility index (Phi) is 3.57. The smallest absolute Gasteiger partial charge is 0.0185 e. The molecule has 0 aromatic heterocycles. The second-order valence-electron chi connectivity index (χ2n) is 4.34. The highest BCUT2D eigenvalue weighted by Gasteiger charge is 2.48. The maximum absolute atomic E-state index is 3.57. The minimum Gasteiger partial charge on any atom is -0.312 e. The third kappa shape index (κ3) is 2.48. The third-order valence-corrected chi connectivity index (χ3v) is 3.15. The molecule has 0 aliphatic heterocycles. The molecule has 2 unspecified atom stereocenters. The van der Waals surface area contributed by atoms with Crippen molar-refractivity contribution in [3.05, 3.63) is 0 Å². The number of rotatable bonds is 6. The van der Waals surface area contributed by atoms with Gasteiger partial charge in [0.05, 0.1) is 0 Å². The van der Waals surface area contributed by atoms with Crippen LogP contribution in [0.3, 0.4) is 0 Å². The van der Waals surface area contributed by atoms with E-state index in [0.717, 1.165) is 12.5 Å². The zero-order valence-corrected chi connectivity index (χ0v) is 8.82. The third-order valence-electron chi connectivity index (χ3n) is 3.15. The Balaban J connectivity index is 2.06. The molecule has 0 aromatic rings. The van der Waals surface area contributed by atoms with Crippen LogP contribution in [0.4, 0.5) is 0 Å². The molecule has 1 nitrogen and oxygen atoms in total. The van der Waals surface area contributed by atoms with Crippen molar-refractivity contribution >= 4 is 0 Å². The highest BCUT2D eigenvalue weighted by Crippen LogP contribution is 2.46. The summed E-state index contributed by atoms with van der Waals surface area (Å²) in [4.78, 5) is 0. The van der Waals surface area contributed by atoms with Crippen LogP contribution < -0.4 is 5.32 Å². The molecule has 1 heteroatoms. The maximum Gasteiger partial charge on any atom is 0.0185 e. The van der Waals surface area contributed by atoms with E-state index in [2.05, 4.69) is 26.1 Å². The first-order valence-corrected chi connectivity index (χ1v) is 5.48. The van der Waals surface area contributed by atoms with Crippen molar-refractivity contribution in [2.45, 2.75) is 58.4 Å². The Morgan fingerprint density at radius 3 is 2.67 bits per heavy atom. The molecule has 0 radical (unpaired) electrons. The quantitative estimate of drug-likeness (QED) is 0.603. The van der Waals surface area contributed by atoms with Gasteiger partial charge in [0, 0.05) is 5.54 Å². The van der Waals surface area contributed by atoms with Gasteiger partial charge in [-0.05, 0) is 32.2 Å². The lowest BCUT2D eigenvalue weighted by molar-refractivity contribution is 0.478. The summed E-state index contributed by atoms with van der Waals surface area (Å²) in [7, 11) is 0. The number of nitrogens with one attached hydrogen (secondary N) is 1. The number of hydrogen-bond donors (Lipinski definition) is 1. The Hall–Kier alpha value is -0.0400. The van der Waals surface area contributed by atoms with Gasteiger partial charge in [-0.15, -0.1) is 0 Å². The highest BCUT2D eigenvalue weighted by molar-refractivity contribution is 5.06. The van der Waals surface area contributed by atoms with Crippen LogP contribution in [0.5, 0.6) is 0 Å². The normalized spacial score (nSPS) is 33.8. The van der Waals surface area contributed by atoms with Gasteiger partial charge in [0.25, 0.3) is 0 Å². The summed E-state index contributed by atoms with van der Waals surface area (Å²) >= 11 is 0. The molecule has 1 rings (SSSR count). The monoisotopic (exact) mass is 169 g/mol. The van der Waals surface area contributed by atoms with Crippen LogP contribution in [-0.2, 0) is 0 Å². The van der Waals surface area contributed by atoms with E-state index in [1.807, 2.05) is 0 Å². The summed E-state index contributed by atoms with van der Waals surface area (Å²) in [6, 6.07) is 0. The lowest BCUT2D eigenvalue weighted by Crippen LogP contribution is -2.29. The summed E-state index contributed by atoms with van der Waals surface area (Å²) in [5.41, 5.74) is 0.516. The second-order valence-corrected chi connectivity index (χ2v) is 4.34. The van der Waals surface area contributed by atoms with Crippen LogP contribution in [0.2, 0.25) is 0 Å². The Morgan fingerprint density at radius 2 is 2.08 bits per heavy atom. The molecule has 1 aliphatic rings. The van der Waals surface area contributed by atoms with Crippen LogP contribution >= 0.6 is 0 Å². The van der Waals surface area contributed by atoms with Crippen molar-refractivity contribution in [3.63, 3.8) is 0 Å². The molecule has 1 aliphatic carbocycles. The summed E-state index contributed by atoms with van der Waals surface area (Å²) in [5.74, 6) is 0.976. The molecule has 0 saturated heterocycles. The minimum atomic E-state index is 0.516. The van der Waals surface area contributed by atoms with E-state index in [-0.39, 0.29) is 0 Å². The standard InChI is InChI=1S/C11H23N/c1-4-6-7-8-10-9-11(10,3)12-5-2/h10,12H,4-9H2,1-3H3. The van der Waals surface area contributed by atoms with Crippen molar-refractivity contribution in [2.24, 2.45) is 5.92 Å². The highest BCUT2D eigenvalue weighted by atomic mass is 15.0. The van der Waals surface area contributed by atoms with E-state index in [0.29, 0.717) is 5.54 Å². The van der Waals surface area contributed by atoms with Crippen LogP contribution in [0, 0.1) is 5.92 Å². The molecule has 12 heavy (non-hydrogen) atoms. The molecule has 0 bridgehead atoms. The summed E-state index contributed by atoms with van der Waals surface area (Å²) in [5, 5.41) is 3.57. The lowest BCUT2D eigenvalue weighted by Gasteiger charge is -2.11. The first-order valence-electron chi connectivity index (χ1n) is 5.48. The lowest BCUT2D eigenvalue weighted by atomic mass is 10.1. The van der Waals surface area contributed by atoms with Crippen molar-refractivity contribution in [1.29, 1.82) is 0 Å². The molecular weight excluding hydrogens is 146 g/mol. The molecular formula is C11H23N. The van der Waals surface area contributed by atoms with E-state index in [4.69, 9.17) is 0 Å². The van der Waals surface area contributed by atoms with Crippen LogP contribution in [-0.4, -0.2) is 12.1 Å². The van der Waals surface area contributed by atoms with Gasteiger partial charge in [0.1, 0.15) is 0 Å². The maximum atomic E-state index is 3.57. The fraction of sp³-hybridized carbons (Fsp3) is 1.00. The molecule has 2 atom stereocenters. The summed E-state index contributed by atoms with van der Waals surface area (Å²) in [6.07, 6.45) is 7.05. The Morgan fingerprint density at radius 1 is 1.33 bits per heavy atom. The van der Waals surface area contributed by atoms with E-state index < -0.39 is 0 Å². The van der Waals surface area contributed by atoms with Gasteiger partial charge in [-0.25, -0.2) is 0 Å². The first kappa shape index (κ1) is 10.0. The average Bonchev–Trinajstić information content (AvgIpc) is 2.63. The zero-order valence-electron chi connectivity index (χ0n) is 8.82. The van der Waals surface area contributed by atoms with Crippen molar-refractivity contribution < 1.29 is 0 Å². The van der Waals surface area contributed by atoms with Crippen molar-refractivity contribution in [1.82, 2.24) is 5.32 Å². The minimum absolute atomic E-state index is 0.516. The van der Waals surface area contributed by atoms with E-state index in [1.165, 1.54) is 32.1 Å². The molecule has 1 N–H and O–H groups in total. The van der Waals surface area contributed by atoms with Gasteiger partial charge in [0.2, 0.25) is 0 Å². The average molecular weight is 169 g/mol. The van der Waals surface area contributed by atoms with Gasteiger partial charge in [-0.2, -0.15) is 0 Å². The van der Waals surface area contributed by atoms with Gasteiger partial charge >= 0.3 is 0 Å². The van der Waals surface area contributed by atoms with Crippen LogP contribution in [0.1, 0.15) is 52.9 Å². The SMILES string of the molecule is CCCCCC1CC1(C)NCC. The van der Waals surface area contributed by atoms with Gasteiger partial charge < -0.3 is 5.32 Å². The zero-order chi connectivity index (χ0) is 9.03. The predicted octanol–water partition coefficient (Wildman–Crippen LogP) is 2.95. The molecule has 72 valence electrons. The van der Waals surface area contributed by atoms with E-state index in [9.17, 15) is 0 Å². The van der Waals surface area contributed by atoms with Gasteiger partial charge in [-0.1, -0.05) is 33.1 Å². The van der Waals surface area contributed by atoms with Crippen LogP contribution in [0.25, 0.3) is 0 Å². The van der Waals surface area contributed by atoms with Crippen LogP contribution in [0.15, 0.2) is 0 Å². The Labute approximate surface area is 76.9 Å². The summed E-state index contributed by atoms with van der Waals surface area (Å²) in [6.45, 7) is 7.97. The molecule has 1 fully saturated rings. The van der Waals surface area contributed by atoms with Gasteiger partial charge in [0.15, 0.2) is 0 Å². The second kappa shape index (κ2) is 4.27. The largest absolute Gasteiger partial charge is 0.312 e. The fourth-order valence-corrected chi connectivity index (χ4v) is 2.13. The molecule has 1 saturated carbocycles.